The molecule has 0 radical (unpaired) electrons. The van der Waals surface area contributed by atoms with Crippen LogP contribution in [0.25, 0.3) is 11.4 Å². The normalized spacial score (nSPS) is 11.7. The molecule has 2 aromatic carbocycles. The van der Waals surface area contributed by atoms with Crippen molar-refractivity contribution in [3.05, 3.63) is 77.8 Å². The summed E-state index contributed by atoms with van der Waals surface area (Å²) in [7, 11) is 0. The van der Waals surface area contributed by atoms with E-state index >= 15 is 0 Å². The Morgan fingerprint density at radius 3 is 2.37 bits per heavy atom. The average molecular weight is 424 g/mol. The molecule has 8 heteroatoms. The highest BCUT2D eigenvalue weighted by Gasteiger charge is 2.22. The van der Waals surface area contributed by atoms with Crippen LogP contribution in [0.2, 0.25) is 0 Å². The third kappa shape index (κ3) is 4.43. The topological polar surface area (TPSA) is 69.6 Å². The lowest BCUT2D eigenvalue weighted by molar-refractivity contribution is 0.378. The number of nitrogens with zero attached hydrogens (tertiary/aromatic N) is 5. The number of benzene rings is 2. The second-order valence-corrected chi connectivity index (χ2v) is 8.84. The Morgan fingerprint density at radius 1 is 0.933 bits per heavy atom. The van der Waals surface area contributed by atoms with Gasteiger partial charge in [0.25, 0.3) is 0 Å². The van der Waals surface area contributed by atoms with E-state index in [2.05, 4.69) is 20.4 Å². The summed E-state index contributed by atoms with van der Waals surface area (Å²) in [6, 6.07) is 16.5. The molecule has 0 N–H and O–H groups in total. The highest BCUT2D eigenvalue weighted by Crippen LogP contribution is 2.29. The quantitative estimate of drug-likeness (QED) is 0.402. The summed E-state index contributed by atoms with van der Waals surface area (Å²) >= 11 is 1.44. The number of rotatable bonds is 6. The molecule has 0 unspecified atom stereocenters. The van der Waals surface area contributed by atoms with Gasteiger partial charge in [-0.3, -0.25) is 4.57 Å². The van der Waals surface area contributed by atoms with Gasteiger partial charge in [-0.05, 0) is 17.7 Å². The van der Waals surface area contributed by atoms with Gasteiger partial charge in [-0.15, -0.1) is 20.4 Å². The van der Waals surface area contributed by atoms with Gasteiger partial charge in [-0.2, -0.15) is 0 Å². The minimum atomic E-state index is -0.331. The zero-order valence-corrected chi connectivity index (χ0v) is 17.9. The van der Waals surface area contributed by atoms with E-state index in [0.29, 0.717) is 40.6 Å². The van der Waals surface area contributed by atoms with Crippen molar-refractivity contribution in [3.8, 4) is 11.4 Å². The third-order valence-corrected chi connectivity index (χ3v) is 5.40. The number of hydrogen-bond acceptors (Lipinski definition) is 6. The van der Waals surface area contributed by atoms with Crippen LogP contribution in [-0.2, 0) is 17.7 Å². The van der Waals surface area contributed by atoms with Crippen LogP contribution < -0.4 is 0 Å². The van der Waals surface area contributed by atoms with Crippen molar-refractivity contribution in [3.63, 3.8) is 0 Å². The number of hydrogen-bond donors (Lipinski definition) is 0. The van der Waals surface area contributed by atoms with Gasteiger partial charge in [0.05, 0.1) is 17.9 Å². The zero-order chi connectivity index (χ0) is 21.1. The van der Waals surface area contributed by atoms with E-state index in [1.807, 2.05) is 55.7 Å². The summed E-state index contributed by atoms with van der Waals surface area (Å²) in [6.45, 7) is 6.59. The van der Waals surface area contributed by atoms with Crippen LogP contribution in [0.5, 0.6) is 0 Å². The maximum Gasteiger partial charge on any atom is 0.226 e. The van der Waals surface area contributed by atoms with Crippen molar-refractivity contribution in [2.45, 2.75) is 43.6 Å². The molecule has 0 aliphatic rings. The molecule has 0 amide bonds. The first kappa shape index (κ1) is 20.3. The Balaban J connectivity index is 1.64. The Morgan fingerprint density at radius 2 is 1.67 bits per heavy atom. The Bertz CT molecular complexity index is 1130. The minimum Gasteiger partial charge on any atom is -0.424 e. The van der Waals surface area contributed by atoms with Gasteiger partial charge in [-0.25, -0.2) is 4.39 Å². The standard InChI is InChI=1S/C22H22FN5OS/c1-22(2,3)20-26-24-18(29-20)14-30-21-27-25-19(16-11-7-8-12-17(16)23)28(21)13-15-9-5-4-6-10-15/h4-12H,13-14H2,1-3H3. The zero-order valence-electron chi connectivity index (χ0n) is 17.0. The van der Waals surface area contributed by atoms with Crippen molar-refractivity contribution in [2.24, 2.45) is 0 Å². The molecule has 4 rings (SSSR count). The molecule has 30 heavy (non-hydrogen) atoms. The van der Waals surface area contributed by atoms with Gasteiger partial charge in [0.2, 0.25) is 11.8 Å². The van der Waals surface area contributed by atoms with Crippen LogP contribution in [0.4, 0.5) is 4.39 Å². The molecular weight excluding hydrogens is 401 g/mol. The molecule has 0 spiro atoms. The lowest BCUT2D eigenvalue weighted by Gasteiger charge is -2.11. The lowest BCUT2D eigenvalue weighted by atomic mass is 9.97. The third-order valence-electron chi connectivity index (χ3n) is 4.45. The summed E-state index contributed by atoms with van der Waals surface area (Å²) in [5, 5.41) is 17.5. The molecule has 4 aromatic rings. The van der Waals surface area contributed by atoms with Crippen LogP contribution >= 0.6 is 11.8 Å². The second kappa shape index (κ2) is 8.39. The van der Waals surface area contributed by atoms with Crippen LogP contribution in [-0.4, -0.2) is 25.0 Å². The van der Waals surface area contributed by atoms with Crippen LogP contribution in [0.1, 0.15) is 38.1 Å². The van der Waals surface area contributed by atoms with Gasteiger partial charge in [0.15, 0.2) is 11.0 Å². The van der Waals surface area contributed by atoms with Gasteiger partial charge < -0.3 is 4.42 Å². The first-order valence-corrected chi connectivity index (χ1v) is 10.6. The van der Waals surface area contributed by atoms with Gasteiger partial charge >= 0.3 is 0 Å². The molecule has 2 aromatic heterocycles. The predicted octanol–water partition coefficient (Wildman–Crippen LogP) is 5.11. The fourth-order valence-electron chi connectivity index (χ4n) is 2.89. The van der Waals surface area contributed by atoms with E-state index in [9.17, 15) is 4.39 Å². The largest absolute Gasteiger partial charge is 0.424 e. The van der Waals surface area contributed by atoms with E-state index < -0.39 is 0 Å². The first-order chi connectivity index (χ1) is 14.4. The molecule has 0 bridgehead atoms. The Labute approximate surface area is 178 Å². The van der Waals surface area contributed by atoms with E-state index in [4.69, 9.17) is 4.42 Å². The predicted molar refractivity (Wildman–Crippen MR) is 114 cm³/mol. The fourth-order valence-corrected chi connectivity index (χ4v) is 3.66. The molecular formula is C22H22FN5OS. The van der Waals surface area contributed by atoms with E-state index in [1.165, 1.54) is 17.8 Å². The number of thioether (sulfide) groups is 1. The average Bonchev–Trinajstić information content (AvgIpc) is 3.35. The summed E-state index contributed by atoms with van der Waals surface area (Å²) in [6.07, 6.45) is 0. The molecule has 0 aliphatic heterocycles. The van der Waals surface area contributed by atoms with Crippen LogP contribution in [0.15, 0.2) is 64.2 Å². The van der Waals surface area contributed by atoms with Crippen LogP contribution in [0, 0.1) is 5.82 Å². The maximum absolute atomic E-state index is 14.4. The molecule has 6 nitrogen and oxygen atoms in total. The molecule has 154 valence electrons. The van der Waals surface area contributed by atoms with Crippen molar-refractivity contribution in [2.75, 3.05) is 0 Å². The summed E-state index contributed by atoms with van der Waals surface area (Å²) in [4.78, 5) is 0. The monoisotopic (exact) mass is 423 g/mol. The molecule has 0 aliphatic carbocycles. The van der Waals surface area contributed by atoms with E-state index in [1.54, 1.807) is 18.2 Å². The lowest BCUT2D eigenvalue weighted by Crippen LogP contribution is -2.11. The van der Waals surface area contributed by atoms with Crippen molar-refractivity contribution in [1.82, 2.24) is 25.0 Å². The first-order valence-electron chi connectivity index (χ1n) is 9.59. The number of aromatic nitrogens is 5. The molecule has 2 heterocycles. The van der Waals surface area contributed by atoms with E-state index in [-0.39, 0.29) is 11.2 Å². The second-order valence-electron chi connectivity index (χ2n) is 7.90. The highest BCUT2D eigenvalue weighted by atomic mass is 32.2. The van der Waals surface area contributed by atoms with Crippen molar-refractivity contribution in [1.29, 1.82) is 0 Å². The molecule has 0 saturated heterocycles. The summed E-state index contributed by atoms with van der Waals surface area (Å²) in [5.41, 5.74) is 1.28. The fraction of sp³-hybridized carbons (Fsp3) is 0.273. The minimum absolute atomic E-state index is 0.207. The molecule has 0 fully saturated rings. The van der Waals surface area contributed by atoms with Crippen molar-refractivity contribution >= 4 is 11.8 Å². The van der Waals surface area contributed by atoms with Crippen molar-refractivity contribution < 1.29 is 8.81 Å². The van der Waals surface area contributed by atoms with Gasteiger partial charge in [-0.1, -0.05) is 75.0 Å². The Hall–Kier alpha value is -3.00. The van der Waals surface area contributed by atoms with Gasteiger partial charge in [0, 0.05) is 5.41 Å². The number of halogens is 1. The van der Waals surface area contributed by atoms with Crippen LogP contribution in [0.3, 0.4) is 0 Å². The summed E-state index contributed by atoms with van der Waals surface area (Å²) in [5.74, 6) is 1.72. The van der Waals surface area contributed by atoms with E-state index in [0.717, 1.165) is 5.56 Å². The highest BCUT2D eigenvalue weighted by molar-refractivity contribution is 7.98. The smallest absolute Gasteiger partial charge is 0.226 e. The molecule has 0 saturated carbocycles. The molecule has 0 atom stereocenters. The Kier molecular flexibility index (Phi) is 5.67. The maximum atomic E-state index is 14.4. The van der Waals surface area contributed by atoms with Gasteiger partial charge in [0.1, 0.15) is 5.82 Å². The summed E-state index contributed by atoms with van der Waals surface area (Å²) < 4.78 is 22.1. The SMILES string of the molecule is CC(C)(C)c1nnc(CSc2nnc(-c3ccccc3F)n2Cc2ccccc2)o1.